The Morgan fingerprint density at radius 2 is 2.42 bits per heavy atom. The van der Waals surface area contributed by atoms with Crippen LogP contribution in [0.5, 0.6) is 0 Å². The molecule has 0 saturated carbocycles. The molecule has 0 aliphatic heterocycles. The fourth-order valence-corrected chi connectivity index (χ4v) is 2.39. The van der Waals surface area contributed by atoms with E-state index >= 15 is 0 Å². The molecule has 0 spiro atoms. The van der Waals surface area contributed by atoms with Crippen molar-refractivity contribution in [3.63, 3.8) is 0 Å². The van der Waals surface area contributed by atoms with Crippen molar-refractivity contribution in [1.82, 2.24) is 20.2 Å². The number of H-pyrrole nitrogens is 1. The lowest BCUT2D eigenvalue weighted by molar-refractivity contribution is 1.10. The van der Waals surface area contributed by atoms with Crippen LogP contribution in [0, 0.1) is 0 Å². The molecule has 12 heavy (non-hydrogen) atoms. The van der Waals surface area contributed by atoms with Crippen LogP contribution >= 0.6 is 27.3 Å². The molecule has 2 aromatic heterocycles. The Morgan fingerprint density at radius 3 is 2.92 bits per heavy atom. The number of thiazole rings is 1. The summed E-state index contributed by atoms with van der Waals surface area (Å²) in [5.41, 5.74) is 0.962. The molecule has 1 N–H and O–H groups in total. The van der Waals surface area contributed by atoms with Gasteiger partial charge in [-0.05, 0) is 15.9 Å². The van der Waals surface area contributed by atoms with E-state index in [0.29, 0.717) is 0 Å². The number of hydrogen-bond acceptors (Lipinski definition) is 4. The predicted octanol–water partition coefficient (Wildman–Crippen LogP) is -0.0509. The Hall–Kier alpha value is -0.685. The Labute approximate surface area is 82.0 Å². The Balaban J connectivity index is 2.54. The third-order valence-electron chi connectivity index (χ3n) is 1.40. The van der Waals surface area contributed by atoms with Gasteiger partial charge in [0, 0.05) is 5.59 Å². The topological polar surface area (TPSA) is 54.5 Å². The van der Waals surface area contributed by atoms with Crippen molar-refractivity contribution in [1.29, 1.82) is 0 Å². The van der Waals surface area contributed by atoms with Gasteiger partial charge < -0.3 is 4.98 Å². The summed E-state index contributed by atoms with van der Waals surface area (Å²) < 4.78 is 0.867. The van der Waals surface area contributed by atoms with Crippen LogP contribution in [0.25, 0.3) is 10.7 Å². The highest BCUT2D eigenvalue weighted by Crippen LogP contribution is 2.23. The number of rotatable bonds is 1. The lowest BCUT2D eigenvalue weighted by Crippen LogP contribution is -2.05. The van der Waals surface area contributed by atoms with Crippen LogP contribution in [0.1, 0.15) is 0 Å². The summed E-state index contributed by atoms with van der Waals surface area (Å²) in [4.78, 5) is 8.18. The summed E-state index contributed by atoms with van der Waals surface area (Å²) in [6, 6.07) is 0. The van der Waals surface area contributed by atoms with Crippen molar-refractivity contribution >= 4 is 40.7 Å². The first-order chi connectivity index (χ1) is 5.77. The van der Waals surface area contributed by atoms with Crippen molar-refractivity contribution in [2.75, 3.05) is 0 Å². The molecule has 2 rings (SSSR count). The Bertz CT molecular complexity index is 384. The first-order valence-electron chi connectivity index (χ1n) is 3.26. The van der Waals surface area contributed by atoms with E-state index in [-0.39, 0.29) is 0 Å². The Kier molecular flexibility index (Phi) is 1.97. The molecule has 0 saturated heterocycles. The number of aromatic amines is 1. The van der Waals surface area contributed by atoms with Gasteiger partial charge in [0.15, 0.2) is 17.6 Å². The molecule has 2 heterocycles. The zero-order chi connectivity index (χ0) is 8.55. The molecule has 7 heteroatoms. The molecule has 0 bridgehead atoms. The molecule has 4 nitrogen and oxygen atoms in total. The van der Waals surface area contributed by atoms with Gasteiger partial charge in [0.2, 0.25) is 0 Å². The summed E-state index contributed by atoms with van der Waals surface area (Å²) in [5, 5.41) is 7.61. The highest BCUT2D eigenvalue weighted by molar-refractivity contribution is 9.11. The molecule has 2 aromatic rings. The van der Waals surface area contributed by atoms with Crippen LogP contribution in [-0.4, -0.2) is 28.0 Å². The van der Waals surface area contributed by atoms with Gasteiger partial charge in [0.25, 0.3) is 0 Å². The van der Waals surface area contributed by atoms with Gasteiger partial charge in [0.05, 0.1) is 4.88 Å². The zero-order valence-corrected chi connectivity index (χ0v) is 8.61. The second kappa shape index (κ2) is 2.99. The maximum Gasteiger partial charge on any atom is 0.172 e. The SMILES string of the molecule is Bc1nc(Br)sc1-c1nnc[nH]1. The third kappa shape index (κ3) is 1.29. The normalized spacial score (nSPS) is 10.4. The van der Waals surface area contributed by atoms with E-state index < -0.39 is 0 Å². The standard InChI is InChI=1S/C5H4BBrN4S/c6-3-2(12-5(7)10-3)4-8-1-9-11-4/h1H,6H2,(H,8,9,11). The first kappa shape index (κ1) is 7.94. The summed E-state index contributed by atoms with van der Waals surface area (Å²) in [6.07, 6.45) is 1.56. The predicted molar refractivity (Wildman–Crippen MR) is 53.4 cm³/mol. The van der Waals surface area contributed by atoms with Gasteiger partial charge in [-0.3, -0.25) is 0 Å². The molecule has 0 aliphatic carbocycles. The molecule has 0 unspecified atom stereocenters. The van der Waals surface area contributed by atoms with Crippen LogP contribution in [0.2, 0.25) is 0 Å². The zero-order valence-electron chi connectivity index (χ0n) is 6.21. The maximum atomic E-state index is 4.21. The van der Waals surface area contributed by atoms with Crippen LogP contribution < -0.4 is 5.59 Å². The van der Waals surface area contributed by atoms with Crippen molar-refractivity contribution in [3.05, 3.63) is 10.2 Å². The van der Waals surface area contributed by atoms with E-state index in [1.807, 2.05) is 7.85 Å². The summed E-state index contributed by atoms with van der Waals surface area (Å²) in [5.74, 6) is 0.774. The monoisotopic (exact) mass is 242 g/mol. The van der Waals surface area contributed by atoms with Crippen molar-refractivity contribution < 1.29 is 0 Å². The molecule has 0 radical (unpaired) electrons. The molecule has 0 amide bonds. The first-order valence-corrected chi connectivity index (χ1v) is 4.87. The largest absolute Gasteiger partial charge is 0.327 e. The molecule has 0 aromatic carbocycles. The van der Waals surface area contributed by atoms with E-state index in [1.165, 1.54) is 0 Å². The number of halogens is 1. The fraction of sp³-hybridized carbons (Fsp3) is 0. The van der Waals surface area contributed by atoms with Crippen molar-refractivity contribution in [3.8, 4) is 10.7 Å². The van der Waals surface area contributed by atoms with E-state index in [1.54, 1.807) is 17.7 Å². The smallest absolute Gasteiger partial charge is 0.172 e. The molecular weight excluding hydrogens is 239 g/mol. The van der Waals surface area contributed by atoms with Crippen LogP contribution in [0.4, 0.5) is 0 Å². The van der Waals surface area contributed by atoms with Gasteiger partial charge in [-0.1, -0.05) is 0 Å². The van der Waals surface area contributed by atoms with Gasteiger partial charge in [-0.2, -0.15) is 0 Å². The number of aromatic nitrogens is 4. The highest BCUT2D eigenvalue weighted by Gasteiger charge is 2.09. The molecule has 0 atom stereocenters. The number of hydrogen-bond donors (Lipinski definition) is 1. The van der Waals surface area contributed by atoms with Gasteiger partial charge >= 0.3 is 0 Å². The average molecular weight is 243 g/mol. The molecule has 60 valence electrons. The minimum atomic E-state index is 0.774. The minimum absolute atomic E-state index is 0.774. The van der Waals surface area contributed by atoms with Gasteiger partial charge in [-0.15, -0.1) is 21.5 Å². The lowest BCUT2D eigenvalue weighted by atomic mass is 10.0. The molecular formula is C5H4BBrN4S. The average Bonchev–Trinajstić information content (AvgIpc) is 2.58. The summed E-state index contributed by atoms with van der Waals surface area (Å²) in [7, 11) is 1.94. The van der Waals surface area contributed by atoms with Gasteiger partial charge in [-0.25, -0.2) is 4.98 Å². The van der Waals surface area contributed by atoms with Crippen LogP contribution in [-0.2, 0) is 0 Å². The summed E-state index contributed by atoms with van der Waals surface area (Å²) >= 11 is 4.86. The molecule has 0 fully saturated rings. The third-order valence-corrected chi connectivity index (χ3v) is 3.02. The quantitative estimate of drug-likeness (QED) is 0.714. The van der Waals surface area contributed by atoms with Crippen LogP contribution in [0.15, 0.2) is 10.2 Å². The Morgan fingerprint density at radius 1 is 1.58 bits per heavy atom. The fourth-order valence-electron chi connectivity index (χ4n) is 0.900. The van der Waals surface area contributed by atoms with Gasteiger partial charge in [0.1, 0.15) is 6.33 Å². The second-order valence-electron chi connectivity index (χ2n) is 2.22. The summed E-state index contributed by atoms with van der Waals surface area (Å²) in [6.45, 7) is 0. The maximum absolute atomic E-state index is 4.21. The number of nitrogens with zero attached hydrogens (tertiary/aromatic N) is 3. The van der Waals surface area contributed by atoms with E-state index in [0.717, 1.165) is 20.2 Å². The van der Waals surface area contributed by atoms with E-state index in [2.05, 4.69) is 36.1 Å². The van der Waals surface area contributed by atoms with E-state index in [4.69, 9.17) is 0 Å². The van der Waals surface area contributed by atoms with E-state index in [9.17, 15) is 0 Å². The molecule has 0 aliphatic rings. The number of nitrogens with one attached hydrogen (secondary N) is 1. The minimum Gasteiger partial charge on any atom is -0.327 e. The van der Waals surface area contributed by atoms with Crippen molar-refractivity contribution in [2.24, 2.45) is 0 Å². The van der Waals surface area contributed by atoms with Crippen LogP contribution in [0.3, 0.4) is 0 Å². The second-order valence-corrected chi connectivity index (χ2v) is 4.49. The lowest BCUT2D eigenvalue weighted by Gasteiger charge is -1.88. The highest BCUT2D eigenvalue weighted by atomic mass is 79.9. The van der Waals surface area contributed by atoms with Crippen molar-refractivity contribution in [2.45, 2.75) is 0 Å².